The van der Waals surface area contributed by atoms with Gasteiger partial charge in [0.1, 0.15) is 0 Å². The van der Waals surface area contributed by atoms with E-state index in [-0.39, 0.29) is 5.92 Å². The molecule has 0 aliphatic heterocycles. The molecule has 25 heavy (non-hydrogen) atoms. The molecule has 2 aliphatic carbocycles. The van der Waals surface area contributed by atoms with E-state index in [1.54, 1.807) is 6.07 Å². The van der Waals surface area contributed by atoms with Gasteiger partial charge in [-0.15, -0.1) is 13.2 Å². The molecule has 0 radical (unpaired) electrons. The molecule has 5 heteroatoms. The molecule has 4 unspecified atom stereocenters. The van der Waals surface area contributed by atoms with Gasteiger partial charge in [0.2, 0.25) is 0 Å². The Morgan fingerprint density at radius 3 is 2.44 bits per heavy atom. The van der Waals surface area contributed by atoms with Gasteiger partial charge >= 0.3 is 6.36 Å². The Kier molecular flexibility index (Phi) is 5.59. The summed E-state index contributed by atoms with van der Waals surface area (Å²) in [6, 6.07) is 3.94. The van der Waals surface area contributed by atoms with Crippen LogP contribution in [0, 0.1) is 23.6 Å². The van der Waals surface area contributed by atoms with Gasteiger partial charge in [-0.05, 0) is 73.5 Å². The summed E-state index contributed by atoms with van der Waals surface area (Å²) >= 11 is 0. The minimum absolute atomic E-state index is 0.249. The summed E-state index contributed by atoms with van der Waals surface area (Å²) < 4.78 is 54.5. The summed E-state index contributed by atoms with van der Waals surface area (Å²) in [6.45, 7) is 2.24. The third kappa shape index (κ3) is 4.68. The summed E-state index contributed by atoms with van der Waals surface area (Å²) in [7, 11) is 0. The first-order valence-corrected chi connectivity index (χ1v) is 9.41. The van der Waals surface area contributed by atoms with Gasteiger partial charge in [-0.2, -0.15) is 0 Å². The Morgan fingerprint density at radius 1 is 1.04 bits per heavy atom. The van der Waals surface area contributed by atoms with E-state index in [4.69, 9.17) is 0 Å². The predicted molar refractivity (Wildman–Crippen MR) is 88.9 cm³/mol. The fourth-order valence-electron chi connectivity index (χ4n) is 4.94. The molecule has 3 rings (SSSR count). The van der Waals surface area contributed by atoms with Crippen molar-refractivity contribution in [1.82, 2.24) is 0 Å². The molecule has 2 aliphatic rings. The Hall–Kier alpha value is -1.26. The SMILES string of the molecule is CCCC1CCC2CC(c3ccc(OC(F)(F)F)c(F)c3)CCC2C1. The number of halogens is 4. The highest BCUT2D eigenvalue weighted by Crippen LogP contribution is 2.48. The Bertz CT molecular complexity index is 584. The van der Waals surface area contributed by atoms with Crippen molar-refractivity contribution in [3.63, 3.8) is 0 Å². The van der Waals surface area contributed by atoms with Crippen LogP contribution >= 0.6 is 0 Å². The van der Waals surface area contributed by atoms with Gasteiger partial charge in [-0.3, -0.25) is 0 Å². The fraction of sp³-hybridized carbons (Fsp3) is 0.700. The lowest BCUT2D eigenvalue weighted by atomic mass is 9.63. The van der Waals surface area contributed by atoms with Crippen LogP contribution in [-0.4, -0.2) is 6.36 Å². The molecule has 1 aromatic rings. The molecule has 1 nitrogen and oxygen atoms in total. The molecule has 0 N–H and O–H groups in total. The zero-order valence-electron chi connectivity index (χ0n) is 14.6. The normalized spacial score (nSPS) is 30.0. The highest BCUT2D eigenvalue weighted by atomic mass is 19.4. The van der Waals surface area contributed by atoms with E-state index >= 15 is 0 Å². The Balaban J connectivity index is 1.63. The van der Waals surface area contributed by atoms with Gasteiger partial charge in [-0.1, -0.05) is 32.3 Å². The highest BCUT2D eigenvalue weighted by molar-refractivity contribution is 5.32. The van der Waals surface area contributed by atoms with Crippen LogP contribution in [0.1, 0.15) is 69.8 Å². The first kappa shape index (κ1) is 18.5. The Labute approximate surface area is 146 Å². The van der Waals surface area contributed by atoms with Crippen LogP contribution in [0.5, 0.6) is 5.75 Å². The summed E-state index contributed by atoms with van der Waals surface area (Å²) in [5.74, 6) is 0.895. The van der Waals surface area contributed by atoms with Gasteiger partial charge in [0.25, 0.3) is 0 Å². The van der Waals surface area contributed by atoms with E-state index < -0.39 is 17.9 Å². The van der Waals surface area contributed by atoms with Gasteiger partial charge in [0.15, 0.2) is 11.6 Å². The fourth-order valence-corrected chi connectivity index (χ4v) is 4.94. The maximum atomic E-state index is 14.0. The van der Waals surface area contributed by atoms with Crippen LogP contribution < -0.4 is 4.74 Å². The van der Waals surface area contributed by atoms with E-state index in [0.29, 0.717) is 5.92 Å². The van der Waals surface area contributed by atoms with Crippen LogP contribution in [0.25, 0.3) is 0 Å². The third-order valence-electron chi connectivity index (χ3n) is 6.07. The van der Waals surface area contributed by atoms with E-state index in [1.807, 2.05) is 0 Å². The molecule has 0 spiro atoms. The largest absolute Gasteiger partial charge is 0.573 e. The number of hydrogen-bond acceptors (Lipinski definition) is 1. The van der Waals surface area contributed by atoms with Crippen LogP contribution in [-0.2, 0) is 0 Å². The third-order valence-corrected chi connectivity index (χ3v) is 6.07. The maximum absolute atomic E-state index is 14.0. The molecule has 2 saturated carbocycles. The van der Waals surface area contributed by atoms with Crippen LogP contribution in [0.3, 0.4) is 0 Å². The van der Waals surface area contributed by atoms with Crippen LogP contribution in [0.4, 0.5) is 17.6 Å². The standard InChI is InChI=1S/C20H26F4O/c1-2-3-13-4-5-15-11-16(7-6-14(15)10-13)17-8-9-19(18(21)12-17)25-20(22,23)24/h8-9,12-16H,2-7,10-11H2,1H3. The van der Waals surface area contributed by atoms with Crippen LogP contribution in [0.2, 0.25) is 0 Å². The van der Waals surface area contributed by atoms with Gasteiger partial charge < -0.3 is 4.74 Å². The minimum atomic E-state index is -4.86. The second-order valence-corrected chi connectivity index (χ2v) is 7.74. The molecule has 0 saturated heterocycles. The molecule has 0 heterocycles. The van der Waals surface area contributed by atoms with Crippen molar-refractivity contribution in [2.75, 3.05) is 0 Å². The number of benzene rings is 1. The second kappa shape index (κ2) is 7.55. The van der Waals surface area contributed by atoms with Gasteiger partial charge in [-0.25, -0.2) is 4.39 Å². The Morgan fingerprint density at radius 2 is 1.76 bits per heavy atom. The first-order chi connectivity index (χ1) is 11.9. The average Bonchev–Trinajstić information content (AvgIpc) is 2.55. The van der Waals surface area contributed by atoms with Gasteiger partial charge in [0.05, 0.1) is 0 Å². The van der Waals surface area contributed by atoms with Crippen molar-refractivity contribution >= 4 is 0 Å². The molecule has 0 amide bonds. The molecule has 0 aromatic heterocycles. The lowest BCUT2D eigenvalue weighted by Crippen LogP contribution is -2.30. The lowest BCUT2D eigenvalue weighted by molar-refractivity contribution is -0.275. The molecule has 0 bridgehead atoms. The molecule has 2 fully saturated rings. The quantitative estimate of drug-likeness (QED) is 0.536. The van der Waals surface area contributed by atoms with Crippen molar-refractivity contribution in [1.29, 1.82) is 0 Å². The van der Waals surface area contributed by atoms with E-state index in [2.05, 4.69) is 11.7 Å². The summed E-state index contributed by atoms with van der Waals surface area (Å²) in [5, 5.41) is 0. The van der Waals surface area contributed by atoms with Crippen LogP contribution in [0.15, 0.2) is 18.2 Å². The van der Waals surface area contributed by atoms with Gasteiger partial charge in [0, 0.05) is 0 Å². The van der Waals surface area contributed by atoms with Crippen molar-refractivity contribution in [2.45, 2.75) is 70.6 Å². The number of hydrogen-bond donors (Lipinski definition) is 0. The average molecular weight is 358 g/mol. The molecule has 1 aromatic carbocycles. The number of ether oxygens (including phenoxy) is 1. The maximum Gasteiger partial charge on any atom is 0.573 e. The number of fused-ring (bicyclic) bond motifs is 1. The number of rotatable bonds is 4. The van der Waals surface area contributed by atoms with Crippen molar-refractivity contribution in [3.05, 3.63) is 29.6 Å². The predicted octanol–water partition coefficient (Wildman–Crippen LogP) is 6.82. The molecule has 140 valence electrons. The summed E-state index contributed by atoms with van der Waals surface area (Å²) in [6.07, 6.45) is 4.72. The van der Waals surface area contributed by atoms with E-state index in [0.717, 1.165) is 42.7 Å². The monoisotopic (exact) mass is 358 g/mol. The highest BCUT2D eigenvalue weighted by Gasteiger charge is 2.36. The summed E-state index contributed by atoms with van der Waals surface area (Å²) in [5.41, 5.74) is 0.807. The lowest BCUT2D eigenvalue weighted by Gasteiger charge is -2.42. The van der Waals surface area contributed by atoms with Crippen molar-refractivity contribution in [2.24, 2.45) is 17.8 Å². The minimum Gasteiger partial charge on any atom is -0.403 e. The second-order valence-electron chi connectivity index (χ2n) is 7.74. The van der Waals surface area contributed by atoms with E-state index in [1.165, 1.54) is 38.2 Å². The topological polar surface area (TPSA) is 9.23 Å². The van der Waals surface area contributed by atoms with Crippen molar-refractivity contribution in [3.8, 4) is 5.75 Å². The molecular weight excluding hydrogens is 332 g/mol. The zero-order valence-corrected chi connectivity index (χ0v) is 14.6. The molecular formula is C20H26F4O. The molecule has 4 atom stereocenters. The zero-order chi connectivity index (χ0) is 18.0. The van der Waals surface area contributed by atoms with Crippen molar-refractivity contribution < 1.29 is 22.3 Å². The first-order valence-electron chi connectivity index (χ1n) is 9.41. The summed E-state index contributed by atoms with van der Waals surface area (Å²) in [4.78, 5) is 0. The van der Waals surface area contributed by atoms with E-state index in [9.17, 15) is 17.6 Å². The number of alkyl halides is 3. The smallest absolute Gasteiger partial charge is 0.403 e.